The third-order valence-corrected chi connectivity index (χ3v) is 6.28. The van der Waals surface area contributed by atoms with E-state index in [1.807, 2.05) is 0 Å². The van der Waals surface area contributed by atoms with E-state index in [9.17, 15) is 8.42 Å². The average Bonchev–Trinajstić information content (AvgIpc) is 2.37. The number of hydrogen-bond donors (Lipinski definition) is 2. The van der Waals surface area contributed by atoms with Crippen molar-refractivity contribution < 1.29 is 8.42 Å². The zero-order valence-corrected chi connectivity index (χ0v) is 15.6. The fourth-order valence-corrected chi connectivity index (χ4v) is 4.25. The Hall–Kier alpha value is -0.540. The van der Waals surface area contributed by atoms with Gasteiger partial charge < -0.3 is 5.73 Å². The largest absolute Gasteiger partial charge is 0.398 e. The molecule has 1 aromatic carbocycles. The highest BCUT2D eigenvalue weighted by Crippen LogP contribution is 2.33. The Labute approximate surface area is 148 Å². The van der Waals surface area contributed by atoms with E-state index in [4.69, 9.17) is 28.9 Å². The summed E-state index contributed by atoms with van der Waals surface area (Å²) in [5.74, 6) is 0. The maximum atomic E-state index is 12.4. The van der Waals surface area contributed by atoms with Crippen molar-refractivity contribution >= 4 is 76.5 Å². The Morgan fingerprint density at radius 3 is 2.48 bits per heavy atom. The number of nitrogens with zero attached hydrogens (tertiary/aromatic N) is 1. The van der Waals surface area contributed by atoms with Crippen LogP contribution in [-0.2, 0) is 10.0 Å². The number of sulfonamides is 1. The molecule has 2 rings (SSSR count). The van der Waals surface area contributed by atoms with Crippen LogP contribution in [0.4, 0.5) is 11.4 Å². The highest BCUT2D eigenvalue weighted by molar-refractivity contribution is 9.11. The Kier molecular flexibility index (Phi) is 5.04. The minimum atomic E-state index is -3.88. The predicted molar refractivity (Wildman–Crippen MR) is 91.3 cm³/mol. The summed E-state index contributed by atoms with van der Waals surface area (Å²) in [6, 6.07) is 4.24. The van der Waals surface area contributed by atoms with Crippen molar-refractivity contribution in [1.82, 2.24) is 4.98 Å². The summed E-state index contributed by atoms with van der Waals surface area (Å²) in [5.41, 5.74) is 6.16. The smallest absolute Gasteiger partial charge is 0.263 e. The maximum Gasteiger partial charge on any atom is 0.263 e. The quantitative estimate of drug-likeness (QED) is 0.512. The van der Waals surface area contributed by atoms with E-state index in [0.29, 0.717) is 4.47 Å². The molecule has 0 radical (unpaired) electrons. The number of aromatic nitrogens is 1. The molecule has 3 N–H and O–H groups in total. The van der Waals surface area contributed by atoms with E-state index in [1.54, 1.807) is 0 Å². The van der Waals surface area contributed by atoms with Gasteiger partial charge in [-0.1, -0.05) is 23.2 Å². The highest BCUT2D eigenvalue weighted by Gasteiger charge is 2.21. The van der Waals surface area contributed by atoms with Crippen LogP contribution in [0, 0.1) is 0 Å². The van der Waals surface area contributed by atoms with Gasteiger partial charge in [0.25, 0.3) is 10.0 Å². The minimum absolute atomic E-state index is 0.0708. The summed E-state index contributed by atoms with van der Waals surface area (Å²) in [6.07, 6.45) is 1.30. The van der Waals surface area contributed by atoms with E-state index in [0.717, 1.165) is 0 Å². The Morgan fingerprint density at radius 1 is 1.19 bits per heavy atom. The molecular formula is C11H7Br2Cl2N3O2S. The van der Waals surface area contributed by atoms with Gasteiger partial charge in [-0.15, -0.1) is 0 Å². The highest BCUT2D eigenvalue weighted by atomic mass is 79.9. The van der Waals surface area contributed by atoms with E-state index in [2.05, 4.69) is 41.6 Å². The van der Waals surface area contributed by atoms with Crippen LogP contribution in [0.5, 0.6) is 0 Å². The molecule has 0 bridgehead atoms. The van der Waals surface area contributed by atoms with Crippen LogP contribution >= 0.6 is 55.1 Å². The molecule has 0 unspecified atom stereocenters. The molecule has 1 aromatic heterocycles. The second-order valence-corrected chi connectivity index (χ2v) is 8.00. The molecule has 0 amide bonds. The third-order valence-electron chi connectivity index (χ3n) is 2.37. The number of nitrogen functional groups attached to an aromatic ring is 1. The van der Waals surface area contributed by atoms with Crippen molar-refractivity contribution in [3.8, 4) is 0 Å². The van der Waals surface area contributed by atoms with Gasteiger partial charge in [-0.25, -0.2) is 13.4 Å². The van der Waals surface area contributed by atoms with Gasteiger partial charge in [-0.2, -0.15) is 0 Å². The molecule has 2 aromatic rings. The van der Waals surface area contributed by atoms with Crippen LogP contribution in [-0.4, -0.2) is 13.4 Å². The third kappa shape index (κ3) is 3.81. The van der Waals surface area contributed by atoms with E-state index in [1.165, 1.54) is 24.4 Å². The monoisotopic (exact) mass is 473 g/mol. The summed E-state index contributed by atoms with van der Waals surface area (Å²) in [4.78, 5) is 3.77. The predicted octanol–water partition coefficient (Wildman–Crippen LogP) is 4.30. The molecule has 0 aliphatic rings. The first-order valence-corrected chi connectivity index (χ1v) is 9.11. The lowest BCUT2D eigenvalue weighted by molar-refractivity contribution is 0.601. The number of halogens is 4. The zero-order chi connectivity index (χ0) is 15.8. The van der Waals surface area contributed by atoms with E-state index >= 15 is 0 Å². The van der Waals surface area contributed by atoms with Crippen LogP contribution < -0.4 is 10.5 Å². The molecule has 0 atom stereocenters. The normalized spacial score (nSPS) is 11.4. The van der Waals surface area contributed by atoms with Crippen molar-refractivity contribution in [2.75, 3.05) is 10.5 Å². The number of nitrogens with one attached hydrogen (secondary N) is 1. The molecule has 5 nitrogen and oxygen atoms in total. The minimum Gasteiger partial charge on any atom is -0.398 e. The number of nitrogens with two attached hydrogens (primary N) is 1. The molecule has 1 heterocycles. The second-order valence-electron chi connectivity index (χ2n) is 3.91. The first kappa shape index (κ1) is 16.8. The number of benzene rings is 1. The van der Waals surface area contributed by atoms with Gasteiger partial charge in [-0.05, 0) is 50.1 Å². The molecule has 10 heteroatoms. The van der Waals surface area contributed by atoms with Gasteiger partial charge in [0.1, 0.15) is 10.0 Å². The van der Waals surface area contributed by atoms with Crippen molar-refractivity contribution in [3.05, 3.63) is 43.5 Å². The van der Waals surface area contributed by atoms with Crippen molar-refractivity contribution in [3.63, 3.8) is 0 Å². The Balaban J connectivity index is 2.45. The van der Waals surface area contributed by atoms with Crippen molar-refractivity contribution in [2.45, 2.75) is 4.90 Å². The van der Waals surface area contributed by atoms with Crippen LogP contribution in [0.3, 0.4) is 0 Å². The van der Waals surface area contributed by atoms with Gasteiger partial charge in [-0.3, -0.25) is 4.72 Å². The number of rotatable bonds is 3. The number of anilines is 2. The fraction of sp³-hybridized carbons (Fsp3) is 0. The zero-order valence-electron chi connectivity index (χ0n) is 10.1. The molecule has 0 saturated heterocycles. The van der Waals surface area contributed by atoms with Crippen LogP contribution in [0.15, 0.2) is 38.2 Å². The molecule has 0 aliphatic carbocycles. The number of pyridine rings is 1. The molecular weight excluding hydrogens is 469 g/mol. The first-order chi connectivity index (χ1) is 9.70. The van der Waals surface area contributed by atoms with Crippen LogP contribution in [0.1, 0.15) is 0 Å². The molecule has 112 valence electrons. The van der Waals surface area contributed by atoms with Crippen LogP contribution in [0.2, 0.25) is 10.2 Å². The van der Waals surface area contributed by atoms with Gasteiger partial charge in [0, 0.05) is 10.7 Å². The SMILES string of the molecule is Nc1cc(Cl)cc(S(=O)(=O)Nc2cnc(Cl)c(Br)c2)c1Br. The summed E-state index contributed by atoms with van der Waals surface area (Å²) in [7, 11) is -3.88. The van der Waals surface area contributed by atoms with Crippen molar-refractivity contribution in [1.29, 1.82) is 0 Å². The molecule has 0 saturated carbocycles. The first-order valence-electron chi connectivity index (χ1n) is 5.29. The van der Waals surface area contributed by atoms with Gasteiger partial charge in [0.2, 0.25) is 0 Å². The summed E-state index contributed by atoms with van der Waals surface area (Å²) in [5, 5.41) is 0.442. The molecule has 0 spiro atoms. The summed E-state index contributed by atoms with van der Waals surface area (Å²) >= 11 is 17.9. The molecule has 21 heavy (non-hydrogen) atoms. The molecule has 0 fully saturated rings. The lowest BCUT2D eigenvalue weighted by Crippen LogP contribution is -2.14. The van der Waals surface area contributed by atoms with Crippen molar-refractivity contribution in [2.24, 2.45) is 0 Å². The number of hydrogen-bond acceptors (Lipinski definition) is 4. The average molecular weight is 476 g/mol. The lowest BCUT2D eigenvalue weighted by atomic mass is 10.3. The van der Waals surface area contributed by atoms with E-state index < -0.39 is 10.0 Å². The van der Waals surface area contributed by atoms with Gasteiger partial charge >= 0.3 is 0 Å². The maximum absolute atomic E-state index is 12.4. The fourth-order valence-electron chi connectivity index (χ4n) is 1.47. The standard InChI is InChI=1S/C11H7Br2Cl2N3O2S/c12-7-3-6(4-17-11(7)15)18-21(19,20)9-2-5(14)1-8(16)10(9)13/h1-4,18H,16H2. The Bertz CT molecular complexity index is 815. The lowest BCUT2D eigenvalue weighted by Gasteiger charge is -2.11. The topological polar surface area (TPSA) is 85.1 Å². The van der Waals surface area contributed by atoms with E-state index in [-0.39, 0.29) is 30.9 Å². The van der Waals surface area contributed by atoms with Gasteiger partial charge in [0.15, 0.2) is 0 Å². The molecule has 0 aliphatic heterocycles. The summed E-state index contributed by atoms with van der Waals surface area (Å²) < 4.78 is 27.9. The second kappa shape index (κ2) is 6.29. The summed E-state index contributed by atoms with van der Waals surface area (Å²) in [6.45, 7) is 0. The Morgan fingerprint density at radius 2 is 1.86 bits per heavy atom. The van der Waals surface area contributed by atoms with Gasteiger partial charge in [0.05, 0.1) is 20.8 Å². The van der Waals surface area contributed by atoms with Crippen LogP contribution in [0.25, 0.3) is 0 Å².